The minimum Gasteiger partial charge on any atom is -0.381 e. The molecule has 116 valence electrons. The van der Waals surface area contributed by atoms with Crippen LogP contribution in [0.4, 0.5) is 5.69 Å². The van der Waals surface area contributed by atoms with Crippen LogP contribution < -0.4 is 4.90 Å². The van der Waals surface area contributed by atoms with Gasteiger partial charge in [0.2, 0.25) is 5.91 Å². The highest BCUT2D eigenvalue weighted by Gasteiger charge is 2.19. The number of carbonyl (C=O) groups excluding carboxylic acids is 1. The summed E-state index contributed by atoms with van der Waals surface area (Å²) in [5.74, 6) is 0.218. The van der Waals surface area contributed by atoms with Crippen LogP contribution in [-0.4, -0.2) is 50.2 Å². The Kier molecular flexibility index (Phi) is 6.05. The zero-order chi connectivity index (χ0) is 15.1. The van der Waals surface area contributed by atoms with Gasteiger partial charge in [-0.25, -0.2) is 0 Å². The molecule has 4 heteroatoms. The van der Waals surface area contributed by atoms with Crippen molar-refractivity contribution in [2.24, 2.45) is 0 Å². The van der Waals surface area contributed by atoms with Crippen molar-refractivity contribution in [1.82, 2.24) is 4.90 Å². The molecule has 1 aliphatic heterocycles. The van der Waals surface area contributed by atoms with Gasteiger partial charge in [0.25, 0.3) is 0 Å². The summed E-state index contributed by atoms with van der Waals surface area (Å²) in [7, 11) is 0. The van der Waals surface area contributed by atoms with E-state index in [0.717, 1.165) is 32.6 Å². The third-order valence-electron chi connectivity index (χ3n) is 3.97. The molecule has 1 aromatic rings. The second-order valence-corrected chi connectivity index (χ2v) is 5.45. The van der Waals surface area contributed by atoms with Crippen molar-refractivity contribution in [2.75, 3.05) is 44.3 Å². The number of carbonyl (C=O) groups is 1. The molecular weight excluding hydrogens is 264 g/mol. The van der Waals surface area contributed by atoms with Gasteiger partial charge in [-0.2, -0.15) is 0 Å². The zero-order valence-corrected chi connectivity index (χ0v) is 13.2. The predicted octanol–water partition coefficient (Wildman–Crippen LogP) is 2.46. The molecule has 0 aliphatic carbocycles. The molecule has 0 aromatic heterocycles. The minimum absolute atomic E-state index is 0.218. The van der Waals surface area contributed by atoms with Gasteiger partial charge in [-0.05, 0) is 31.9 Å². The maximum atomic E-state index is 12.2. The highest BCUT2D eigenvalue weighted by molar-refractivity contribution is 5.76. The van der Waals surface area contributed by atoms with Crippen LogP contribution in [0.3, 0.4) is 0 Å². The van der Waals surface area contributed by atoms with Crippen molar-refractivity contribution >= 4 is 11.6 Å². The summed E-state index contributed by atoms with van der Waals surface area (Å²) >= 11 is 0. The molecular formula is C17H26N2O2. The third-order valence-corrected chi connectivity index (χ3v) is 3.97. The molecule has 0 unspecified atom stereocenters. The molecule has 0 spiro atoms. The number of nitrogens with zero attached hydrogens (tertiary/aromatic N) is 2. The third kappa shape index (κ3) is 4.46. The van der Waals surface area contributed by atoms with E-state index < -0.39 is 0 Å². The van der Waals surface area contributed by atoms with Gasteiger partial charge in [-0.3, -0.25) is 4.79 Å². The fourth-order valence-electron chi connectivity index (χ4n) is 2.79. The summed E-state index contributed by atoms with van der Waals surface area (Å²) in [6.07, 6.45) is 1.52. The minimum atomic E-state index is 0.218. The molecule has 2 rings (SSSR count). The second-order valence-electron chi connectivity index (χ2n) is 5.45. The molecule has 1 heterocycles. The van der Waals surface area contributed by atoms with Crippen LogP contribution in [0.25, 0.3) is 0 Å². The van der Waals surface area contributed by atoms with Gasteiger partial charge in [0, 0.05) is 38.5 Å². The Morgan fingerprint density at radius 2 is 2.00 bits per heavy atom. The quantitative estimate of drug-likeness (QED) is 0.781. The number of anilines is 1. The van der Waals surface area contributed by atoms with E-state index in [-0.39, 0.29) is 5.91 Å². The SMILES string of the molecule is CCOCCC(=O)N1CCCN(c2ccccc2C)CC1. The normalized spacial score (nSPS) is 15.9. The van der Waals surface area contributed by atoms with Crippen LogP contribution in [0.15, 0.2) is 24.3 Å². The lowest BCUT2D eigenvalue weighted by molar-refractivity contribution is -0.132. The van der Waals surface area contributed by atoms with E-state index in [1.807, 2.05) is 11.8 Å². The number of ether oxygens (including phenoxy) is 1. The summed E-state index contributed by atoms with van der Waals surface area (Å²) < 4.78 is 5.27. The Morgan fingerprint density at radius 1 is 1.19 bits per heavy atom. The lowest BCUT2D eigenvalue weighted by Crippen LogP contribution is -2.35. The first-order valence-corrected chi connectivity index (χ1v) is 7.88. The van der Waals surface area contributed by atoms with Crippen molar-refractivity contribution < 1.29 is 9.53 Å². The lowest BCUT2D eigenvalue weighted by Gasteiger charge is -2.25. The Balaban J connectivity index is 1.90. The average Bonchev–Trinajstić information content (AvgIpc) is 2.74. The number of benzene rings is 1. The molecule has 1 amide bonds. The molecule has 1 aliphatic rings. The number of rotatable bonds is 5. The smallest absolute Gasteiger partial charge is 0.224 e. The van der Waals surface area contributed by atoms with Crippen LogP contribution in [-0.2, 0) is 9.53 Å². The summed E-state index contributed by atoms with van der Waals surface area (Å²) in [6.45, 7) is 8.89. The topological polar surface area (TPSA) is 32.8 Å². The van der Waals surface area contributed by atoms with Crippen LogP contribution in [0, 0.1) is 6.92 Å². The first-order valence-electron chi connectivity index (χ1n) is 7.88. The standard InChI is InChI=1S/C17H26N2O2/c1-3-21-14-9-17(20)19-11-6-10-18(12-13-19)16-8-5-4-7-15(16)2/h4-5,7-8H,3,6,9-14H2,1-2H3. The van der Waals surface area contributed by atoms with Crippen molar-refractivity contribution in [1.29, 1.82) is 0 Å². The lowest BCUT2D eigenvalue weighted by atomic mass is 10.2. The monoisotopic (exact) mass is 290 g/mol. The molecule has 0 atom stereocenters. The number of amides is 1. The van der Waals surface area contributed by atoms with Gasteiger partial charge in [0.1, 0.15) is 0 Å². The Hall–Kier alpha value is -1.55. The molecule has 0 N–H and O–H groups in total. The second kappa shape index (κ2) is 8.03. The van der Waals surface area contributed by atoms with Crippen LogP contribution in [0.1, 0.15) is 25.3 Å². The zero-order valence-electron chi connectivity index (χ0n) is 13.2. The van der Waals surface area contributed by atoms with Crippen LogP contribution >= 0.6 is 0 Å². The Labute approximate surface area is 127 Å². The fraction of sp³-hybridized carbons (Fsp3) is 0.588. The van der Waals surface area contributed by atoms with Gasteiger partial charge in [-0.1, -0.05) is 18.2 Å². The molecule has 1 fully saturated rings. The van der Waals surface area contributed by atoms with E-state index in [1.165, 1.54) is 11.3 Å². The molecule has 0 radical (unpaired) electrons. The van der Waals surface area contributed by atoms with Gasteiger partial charge in [0.05, 0.1) is 13.0 Å². The van der Waals surface area contributed by atoms with E-state index in [0.29, 0.717) is 19.6 Å². The maximum Gasteiger partial charge on any atom is 0.224 e. The summed E-state index contributed by atoms with van der Waals surface area (Å²) in [6, 6.07) is 8.46. The average molecular weight is 290 g/mol. The molecule has 4 nitrogen and oxygen atoms in total. The highest BCUT2D eigenvalue weighted by atomic mass is 16.5. The van der Waals surface area contributed by atoms with E-state index in [2.05, 4.69) is 36.1 Å². The van der Waals surface area contributed by atoms with Crippen molar-refractivity contribution in [3.8, 4) is 0 Å². The van der Waals surface area contributed by atoms with Crippen LogP contribution in [0.2, 0.25) is 0 Å². The molecule has 1 saturated heterocycles. The molecule has 1 aromatic carbocycles. The van der Waals surface area contributed by atoms with Crippen LogP contribution in [0.5, 0.6) is 0 Å². The predicted molar refractivity (Wildman–Crippen MR) is 85.7 cm³/mol. The van der Waals surface area contributed by atoms with Gasteiger partial charge in [0.15, 0.2) is 0 Å². The Bertz CT molecular complexity index is 462. The van der Waals surface area contributed by atoms with Gasteiger partial charge >= 0.3 is 0 Å². The maximum absolute atomic E-state index is 12.2. The Morgan fingerprint density at radius 3 is 2.76 bits per heavy atom. The molecule has 21 heavy (non-hydrogen) atoms. The first kappa shape index (κ1) is 15.8. The highest BCUT2D eigenvalue weighted by Crippen LogP contribution is 2.21. The van der Waals surface area contributed by atoms with Crippen molar-refractivity contribution in [2.45, 2.75) is 26.7 Å². The molecule has 0 saturated carbocycles. The summed E-state index contributed by atoms with van der Waals surface area (Å²) in [5.41, 5.74) is 2.59. The van der Waals surface area contributed by atoms with Gasteiger partial charge in [-0.15, -0.1) is 0 Å². The number of hydrogen-bond donors (Lipinski definition) is 0. The van der Waals surface area contributed by atoms with Gasteiger partial charge < -0.3 is 14.5 Å². The summed E-state index contributed by atoms with van der Waals surface area (Å²) in [5, 5.41) is 0. The largest absolute Gasteiger partial charge is 0.381 e. The van der Waals surface area contributed by atoms with E-state index >= 15 is 0 Å². The van der Waals surface area contributed by atoms with E-state index in [4.69, 9.17) is 4.74 Å². The fourth-order valence-corrected chi connectivity index (χ4v) is 2.79. The number of hydrogen-bond acceptors (Lipinski definition) is 3. The number of aryl methyl sites for hydroxylation is 1. The number of para-hydroxylation sites is 1. The first-order chi connectivity index (χ1) is 10.2. The molecule has 0 bridgehead atoms. The van der Waals surface area contributed by atoms with Crippen molar-refractivity contribution in [3.05, 3.63) is 29.8 Å². The van der Waals surface area contributed by atoms with Crippen molar-refractivity contribution in [3.63, 3.8) is 0 Å². The summed E-state index contributed by atoms with van der Waals surface area (Å²) in [4.78, 5) is 16.5. The van der Waals surface area contributed by atoms with E-state index in [1.54, 1.807) is 0 Å². The van der Waals surface area contributed by atoms with E-state index in [9.17, 15) is 4.79 Å².